The van der Waals surface area contributed by atoms with Crippen molar-refractivity contribution in [3.05, 3.63) is 84.1 Å². The monoisotopic (exact) mass is 372 g/mol. The number of carbonyl (C=O) groups is 1. The molecule has 3 fully saturated rings. The molecule has 1 aromatic heterocycles. The van der Waals surface area contributed by atoms with E-state index in [-0.39, 0.29) is 11.4 Å². The van der Waals surface area contributed by atoms with E-state index >= 15 is 0 Å². The fourth-order valence-electron chi connectivity index (χ4n) is 4.78. The van der Waals surface area contributed by atoms with Crippen molar-refractivity contribution in [3.8, 4) is 11.3 Å². The summed E-state index contributed by atoms with van der Waals surface area (Å²) in [5.74, 6) is 1.59. The van der Waals surface area contributed by atoms with Gasteiger partial charge in [0.1, 0.15) is 5.76 Å². The van der Waals surface area contributed by atoms with Crippen LogP contribution in [0.25, 0.3) is 11.3 Å². The van der Waals surface area contributed by atoms with Crippen LogP contribution >= 0.6 is 0 Å². The minimum atomic E-state index is -0.00428. The molecule has 2 aromatic carbocycles. The molecule has 142 valence electrons. The Morgan fingerprint density at radius 3 is 2.54 bits per heavy atom. The van der Waals surface area contributed by atoms with Crippen molar-refractivity contribution < 1.29 is 9.21 Å². The average molecular weight is 372 g/mol. The largest absolute Gasteiger partial charge is 0.464 e. The summed E-state index contributed by atoms with van der Waals surface area (Å²) in [6, 6.07) is 22.0. The predicted molar refractivity (Wildman–Crippen MR) is 109 cm³/mol. The van der Waals surface area contributed by atoms with Gasteiger partial charge in [0.2, 0.25) is 0 Å². The molecule has 2 saturated heterocycles. The summed E-state index contributed by atoms with van der Waals surface area (Å²) < 4.78 is 5.41. The fourth-order valence-corrected chi connectivity index (χ4v) is 4.78. The normalized spacial score (nSPS) is 23.4. The second-order valence-electron chi connectivity index (χ2n) is 8.10. The smallest absolute Gasteiger partial charge is 0.251 e. The van der Waals surface area contributed by atoms with Gasteiger partial charge >= 0.3 is 0 Å². The van der Waals surface area contributed by atoms with Gasteiger partial charge in [0, 0.05) is 36.3 Å². The van der Waals surface area contributed by atoms with Gasteiger partial charge in [-0.05, 0) is 48.6 Å². The number of rotatable bonds is 6. The van der Waals surface area contributed by atoms with Crippen LogP contribution in [0.3, 0.4) is 0 Å². The van der Waals surface area contributed by atoms with Gasteiger partial charge in [-0.15, -0.1) is 0 Å². The number of fused-ring (bicyclic) bond motifs is 1. The van der Waals surface area contributed by atoms with Crippen LogP contribution < -0.4 is 5.32 Å². The molecule has 3 aliphatic rings. The van der Waals surface area contributed by atoms with Crippen LogP contribution in [-0.4, -0.2) is 29.4 Å². The summed E-state index contributed by atoms with van der Waals surface area (Å²) in [7, 11) is 0. The van der Waals surface area contributed by atoms with E-state index < -0.39 is 0 Å². The number of furan rings is 1. The molecule has 0 unspecified atom stereocenters. The highest BCUT2D eigenvalue weighted by Crippen LogP contribution is 2.50. The number of benzene rings is 2. The Labute approximate surface area is 165 Å². The average Bonchev–Trinajstić information content (AvgIpc) is 3.42. The van der Waals surface area contributed by atoms with Crippen molar-refractivity contribution in [3.63, 3.8) is 0 Å². The van der Waals surface area contributed by atoms with Gasteiger partial charge in [-0.25, -0.2) is 0 Å². The zero-order valence-electron chi connectivity index (χ0n) is 15.8. The maximum absolute atomic E-state index is 12.7. The lowest BCUT2D eigenvalue weighted by molar-refractivity contribution is 0.0798. The summed E-state index contributed by atoms with van der Waals surface area (Å²) in [4.78, 5) is 15.2. The quantitative estimate of drug-likeness (QED) is 0.700. The molecule has 28 heavy (non-hydrogen) atoms. The molecule has 0 spiro atoms. The summed E-state index contributed by atoms with van der Waals surface area (Å²) >= 11 is 0. The number of carbonyl (C=O) groups excluding carboxylic acids is 1. The Hall–Kier alpha value is -2.85. The molecule has 2 bridgehead atoms. The molecule has 1 saturated carbocycles. The Bertz CT molecular complexity index is 942. The van der Waals surface area contributed by atoms with Gasteiger partial charge in [-0.2, -0.15) is 0 Å². The third-order valence-electron chi connectivity index (χ3n) is 6.23. The molecule has 6 rings (SSSR count). The molecule has 3 aromatic rings. The first kappa shape index (κ1) is 17.3. The van der Waals surface area contributed by atoms with Crippen molar-refractivity contribution in [2.24, 2.45) is 5.92 Å². The second-order valence-corrected chi connectivity index (χ2v) is 8.10. The molecular formula is C24H24N2O2. The zero-order valence-corrected chi connectivity index (χ0v) is 15.8. The first-order valence-electron chi connectivity index (χ1n) is 9.93. The van der Waals surface area contributed by atoms with Crippen LogP contribution in [0.4, 0.5) is 0 Å². The highest BCUT2D eigenvalue weighted by atomic mass is 16.3. The van der Waals surface area contributed by atoms with Gasteiger partial charge in [0.15, 0.2) is 0 Å². The summed E-state index contributed by atoms with van der Waals surface area (Å²) in [5, 5.41) is 3.19. The maximum atomic E-state index is 12.7. The Balaban J connectivity index is 1.22. The number of amides is 1. The molecule has 0 radical (unpaired) electrons. The van der Waals surface area contributed by atoms with E-state index in [0.29, 0.717) is 5.56 Å². The number of nitrogens with one attached hydrogen (secondary N) is 1. The first-order valence-corrected chi connectivity index (χ1v) is 9.93. The van der Waals surface area contributed by atoms with E-state index in [4.69, 9.17) is 4.42 Å². The molecule has 1 N–H and O–H groups in total. The molecule has 1 amide bonds. The van der Waals surface area contributed by atoms with Gasteiger partial charge in [0.25, 0.3) is 5.91 Å². The highest BCUT2D eigenvalue weighted by Gasteiger charge is 2.55. The first-order chi connectivity index (χ1) is 13.7. The maximum Gasteiger partial charge on any atom is 0.251 e. The van der Waals surface area contributed by atoms with Crippen molar-refractivity contribution >= 4 is 5.91 Å². The molecule has 0 atom stereocenters. The molecule has 3 heterocycles. The van der Waals surface area contributed by atoms with Crippen molar-refractivity contribution in [1.82, 2.24) is 10.2 Å². The van der Waals surface area contributed by atoms with Crippen LogP contribution in [-0.2, 0) is 6.54 Å². The molecule has 2 aliphatic heterocycles. The summed E-state index contributed by atoms with van der Waals surface area (Å²) in [6.45, 7) is 2.82. The summed E-state index contributed by atoms with van der Waals surface area (Å²) in [6.07, 6.45) is 4.04. The topological polar surface area (TPSA) is 45.5 Å². The third kappa shape index (κ3) is 3.14. The molecule has 4 heteroatoms. The van der Waals surface area contributed by atoms with E-state index in [1.54, 1.807) is 6.26 Å². The zero-order chi connectivity index (χ0) is 19.0. The Morgan fingerprint density at radius 2 is 1.82 bits per heavy atom. The lowest BCUT2D eigenvalue weighted by atomic mass is 9.73. The molecular weight excluding hydrogens is 348 g/mol. The van der Waals surface area contributed by atoms with Crippen LogP contribution in [0.5, 0.6) is 0 Å². The van der Waals surface area contributed by atoms with Crippen molar-refractivity contribution in [2.75, 3.05) is 13.1 Å². The van der Waals surface area contributed by atoms with Gasteiger partial charge in [0.05, 0.1) is 6.26 Å². The Morgan fingerprint density at radius 1 is 1.04 bits per heavy atom. The van der Waals surface area contributed by atoms with Crippen molar-refractivity contribution in [1.29, 1.82) is 0 Å². The highest BCUT2D eigenvalue weighted by molar-refractivity contribution is 5.94. The van der Waals surface area contributed by atoms with E-state index in [9.17, 15) is 4.79 Å². The lowest BCUT2D eigenvalue weighted by Gasteiger charge is -2.42. The van der Waals surface area contributed by atoms with Crippen molar-refractivity contribution in [2.45, 2.75) is 24.9 Å². The third-order valence-corrected chi connectivity index (χ3v) is 6.23. The van der Waals surface area contributed by atoms with Crippen LogP contribution in [0.15, 0.2) is 77.4 Å². The SMILES string of the molecule is O=C(NCC12CC(CN1Cc1ccccc1)C2)c1ccc(-c2ccco2)cc1. The fraction of sp³-hybridized carbons (Fsp3) is 0.292. The second kappa shape index (κ2) is 6.95. The van der Waals surface area contributed by atoms with E-state index in [1.807, 2.05) is 36.4 Å². The lowest BCUT2D eigenvalue weighted by Crippen LogP contribution is -2.53. The summed E-state index contributed by atoms with van der Waals surface area (Å²) in [5.41, 5.74) is 3.14. The number of hydrogen-bond acceptors (Lipinski definition) is 3. The number of hydrogen-bond donors (Lipinski definition) is 1. The van der Waals surface area contributed by atoms with Crippen LogP contribution in [0, 0.1) is 5.92 Å². The standard InChI is InChI=1S/C24H24N2O2/c27-23(21-10-8-20(9-11-21)22-7-4-12-28-22)25-17-24-13-19(14-24)16-26(24)15-18-5-2-1-3-6-18/h1-12,19H,13-17H2,(H,25,27). The van der Waals surface area contributed by atoms with Gasteiger partial charge < -0.3 is 9.73 Å². The molecule has 1 aliphatic carbocycles. The van der Waals surface area contributed by atoms with Gasteiger partial charge in [-0.3, -0.25) is 9.69 Å². The predicted octanol–water partition coefficient (Wildman–Crippen LogP) is 4.34. The van der Waals surface area contributed by atoms with Gasteiger partial charge in [-0.1, -0.05) is 42.5 Å². The van der Waals surface area contributed by atoms with E-state index in [0.717, 1.165) is 36.9 Å². The van der Waals surface area contributed by atoms with E-state index in [1.165, 1.54) is 18.4 Å². The van der Waals surface area contributed by atoms with Crippen LogP contribution in [0.1, 0.15) is 28.8 Å². The number of nitrogens with zero attached hydrogens (tertiary/aromatic N) is 1. The minimum absolute atomic E-state index is 0.00428. The van der Waals surface area contributed by atoms with E-state index in [2.05, 4.69) is 40.5 Å². The minimum Gasteiger partial charge on any atom is -0.464 e. The molecule has 4 nitrogen and oxygen atoms in total. The van der Waals surface area contributed by atoms with Crippen LogP contribution in [0.2, 0.25) is 0 Å². The Kier molecular flexibility index (Phi) is 4.29.